The van der Waals surface area contributed by atoms with Gasteiger partial charge in [0.2, 0.25) is 0 Å². The van der Waals surface area contributed by atoms with Gasteiger partial charge in [0.05, 0.1) is 0 Å². The Labute approximate surface area is 275 Å². The third-order valence-corrected chi connectivity index (χ3v) is 9.23. The minimum Gasteiger partial charge on any atom is -0.310 e. The minimum absolute atomic E-state index is 1.17. The zero-order valence-corrected chi connectivity index (χ0v) is 28.4. The molecule has 0 amide bonds. The van der Waals surface area contributed by atoms with Gasteiger partial charge >= 0.3 is 0 Å². The first-order valence-electron chi connectivity index (χ1n) is 16.2. The van der Waals surface area contributed by atoms with Crippen molar-refractivity contribution in [1.82, 2.24) is 0 Å². The maximum Gasteiger partial charge on any atom is 0.0491 e. The van der Waals surface area contributed by atoms with E-state index >= 15 is 0 Å². The number of anilines is 6. The van der Waals surface area contributed by atoms with Gasteiger partial charge in [-0.25, -0.2) is 0 Å². The summed E-state index contributed by atoms with van der Waals surface area (Å²) in [5.41, 5.74) is 19.6. The Hall–Kier alpha value is -5.08. The fourth-order valence-electron chi connectivity index (χ4n) is 6.29. The lowest BCUT2D eigenvalue weighted by Gasteiger charge is -2.29. The van der Waals surface area contributed by atoms with Crippen molar-refractivity contribution in [3.05, 3.63) is 166 Å². The van der Waals surface area contributed by atoms with E-state index in [2.05, 4.69) is 187 Å². The second kappa shape index (κ2) is 12.7. The lowest BCUT2D eigenvalue weighted by Crippen LogP contribution is -2.12. The van der Waals surface area contributed by atoms with Gasteiger partial charge in [0, 0.05) is 34.1 Å². The monoisotopic (exact) mass is 600 g/mol. The van der Waals surface area contributed by atoms with Crippen LogP contribution in [0.2, 0.25) is 0 Å². The van der Waals surface area contributed by atoms with E-state index in [4.69, 9.17) is 0 Å². The minimum atomic E-state index is 1.17. The zero-order valence-electron chi connectivity index (χ0n) is 28.4. The predicted molar refractivity (Wildman–Crippen MR) is 199 cm³/mol. The van der Waals surface area contributed by atoms with Crippen LogP contribution >= 0.6 is 0 Å². The molecule has 0 unspecified atom stereocenters. The summed E-state index contributed by atoms with van der Waals surface area (Å²) in [5.74, 6) is 0. The number of nitrogens with zero attached hydrogens (tertiary/aromatic N) is 2. The average Bonchev–Trinajstić information content (AvgIpc) is 3.02. The number of rotatable bonds is 7. The highest BCUT2D eigenvalue weighted by Gasteiger charge is 2.18. The Kier molecular flexibility index (Phi) is 8.56. The summed E-state index contributed by atoms with van der Waals surface area (Å²) >= 11 is 0. The van der Waals surface area contributed by atoms with E-state index in [0.29, 0.717) is 0 Å². The first kappa shape index (κ1) is 30.9. The maximum absolute atomic E-state index is 2.39. The Balaban J connectivity index is 1.41. The van der Waals surface area contributed by atoms with Gasteiger partial charge < -0.3 is 9.80 Å². The van der Waals surface area contributed by atoms with Gasteiger partial charge in [-0.1, -0.05) is 48.5 Å². The van der Waals surface area contributed by atoms with Crippen LogP contribution in [0.15, 0.2) is 121 Å². The van der Waals surface area contributed by atoms with Crippen LogP contribution in [0.4, 0.5) is 34.1 Å². The second-order valence-electron chi connectivity index (χ2n) is 12.9. The summed E-state index contributed by atoms with van der Waals surface area (Å²) < 4.78 is 0. The lowest BCUT2D eigenvalue weighted by molar-refractivity contribution is 1.22. The molecule has 0 saturated heterocycles. The molecule has 0 aliphatic carbocycles. The third kappa shape index (κ3) is 6.21. The fourth-order valence-corrected chi connectivity index (χ4v) is 6.29. The molecule has 0 aliphatic rings. The van der Waals surface area contributed by atoms with Gasteiger partial charge in [-0.05, 0) is 184 Å². The second-order valence-corrected chi connectivity index (χ2v) is 12.9. The molecule has 0 atom stereocenters. The highest BCUT2D eigenvalue weighted by molar-refractivity contribution is 5.83. The van der Waals surface area contributed by atoms with Crippen LogP contribution in [-0.2, 0) is 0 Å². The Morgan fingerprint density at radius 3 is 1.04 bits per heavy atom. The molecule has 0 heterocycles. The molecule has 0 aromatic heterocycles. The summed E-state index contributed by atoms with van der Waals surface area (Å²) in [6.45, 7) is 17.5. The molecular weight excluding hydrogens is 556 g/mol. The van der Waals surface area contributed by atoms with Gasteiger partial charge in [-0.15, -0.1) is 0 Å². The van der Waals surface area contributed by atoms with Crippen molar-refractivity contribution in [3.8, 4) is 11.1 Å². The first-order chi connectivity index (χ1) is 22.1. The summed E-state index contributed by atoms with van der Waals surface area (Å²) in [5, 5.41) is 0. The quantitative estimate of drug-likeness (QED) is 0.180. The molecule has 0 N–H and O–H groups in total. The average molecular weight is 601 g/mol. The van der Waals surface area contributed by atoms with Crippen molar-refractivity contribution in [2.75, 3.05) is 9.80 Å². The van der Waals surface area contributed by atoms with E-state index in [9.17, 15) is 0 Å². The number of aryl methyl sites for hydroxylation is 8. The van der Waals surface area contributed by atoms with Crippen molar-refractivity contribution in [2.45, 2.75) is 55.4 Å². The highest BCUT2D eigenvalue weighted by Crippen LogP contribution is 2.41. The van der Waals surface area contributed by atoms with E-state index in [1.54, 1.807) is 0 Å². The van der Waals surface area contributed by atoms with Crippen LogP contribution in [0, 0.1) is 55.4 Å². The van der Waals surface area contributed by atoms with Crippen LogP contribution in [0.25, 0.3) is 11.1 Å². The maximum atomic E-state index is 2.39. The Morgan fingerprint density at radius 1 is 0.304 bits per heavy atom. The number of benzene rings is 6. The van der Waals surface area contributed by atoms with E-state index < -0.39 is 0 Å². The summed E-state index contributed by atoms with van der Waals surface area (Å²) in [6.07, 6.45) is 0. The van der Waals surface area contributed by atoms with E-state index in [0.717, 1.165) is 0 Å². The van der Waals surface area contributed by atoms with Crippen molar-refractivity contribution in [3.63, 3.8) is 0 Å². The van der Waals surface area contributed by atoms with Crippen molar-refractivity contribution >= 4 is 34.1 Å². The Bertz CT molecular complexity index is 1900. The molecular formula is C44H44N2. The fraction of sp³-hybridized carbons (Fsp3) is 0.182. The molecule has 6 rings (SSSR count). The van der Waals surface area contributed by atoms with Crippen LogP contribution in [0.1, 0.15) is 44.5 Å². The van der Waals surface area contributed by atoms with Gasteiger partial charge in [0.25, 0.3) is 0 Å². The van der Waals surface area contributed by atoms with Gasteiger partial charge in [0.1, 0.15) is 0 Å². The van der Waals surface area contributed by atoms with Crippen LogP contribution in [-0.4, -0.2) is 0 Å². The molecule has 0 fully saturated rings. The number of hydrogen-bond acceptors (Lipinski definition) is 2. The van der Waals surface area contributed by atoms with Gasteiger partial charge in [-0.2, -0.15) is 0 Å². The molecule has 0 spiro atoms. The first-order valence-corrected chi connectivity index (χ1v) is 16.2. The normalized spacial score (nSPS) is 11.0. The largest absolute Gasteiger partial charge is 0.310 e. The molecule has 0 bridgehead atoms. The number of hydrogen-bond donors (Lipinski definition) is 0. The van der Waals surface area contributed by atoms with E-state index in [-0.39, 0.29) is 0 Å². The van der Waals surface area contributed by atoms with E-state index in [1.807, 2.05) is 0 Å². The molecule has 230 valence electrons. The van der Waals surface area contributed by atoms with Crippen LogP contribution < -0.4 is 9.80 Å². The van der Waals surface area contributed by atoms with Crippen LogP contribution in [0.5, 0.6) is 0 Å². The molecule has 0 aliphatic heterocycles. The summed E-state index contributed by atoms with van der Waals surface area (Å²) in [6, 6.07) is 44.8. The predicted octanol–water partition coefficient (Wildman–Crippen LogP) is 12.8. The topological polar surface area (TPSA) is 6.48 Å². The molecule has 0 saturated carbocycles. The smallest absolute Gasteiger partial charge is 0.0491 e. The molecule has 46 heavy (non-hydrogen) atoms. The third-order valence-electron chi connectivity index (χ3n) is 9.23. The molecule has 2 nitrogen and oxygen atoms in total. The lowest BCUT2D eigenvalue weighted by atomic mass is 9.98. The van der Waals surface area contributed by atoms with Crippen molar-refractivity contribution in [2.24, 2.45) is 0 Å². The summed E-state index contributed by atoms with van der Waals surface area (Å²) in [7, 11) is 0. The summed E-state index contributed by atoms with van der Waals surface area (Å²) in [4.78, 5) is 4.77. The van der Waals surface area contributed by atoms with E-state index in [1.165, 1.54) is 89.8 Å². The van der Waals surface area contributed by atoms with Gasteiger partial charge in [0.15, 0.2) is 0 Å². The SMILES string of the molecule is Cc1cccc(N(c2ccc(C)c(C)c2)c2ccc(-c3ccc(N(c4cccc(C)c4)c4ccc(C)c(C)c4)c(C)c3)cc2C)c1. The van der Waals surface area contributed by atoms with Crippen LogP contribution in [0.3, 0.4) is 0 Å². The molecule has 0 radical (unpaired) electrons. The van der Waals surface area contributed by atoms with Crippen molar-refractivity contribution in [1.29, 1.82) is 0 Å². The molecule has 6 aromatic rings. The van der Waals surface area contributed by atoms with Crippen molar-refractivity contribution < 1.29 is 0 Å². The standard InChI is InChI=1S/C44H44N2/c1-29-11-9-13-39(23-29)45(41-19-15-31(3)33(5)27-41)43-21-17-37(25-35(43)7)38-18-22-44(36(8)26-38)46(40-14-10-12-30(2)24-40)42-20-16-32(4)34(6)28-42/h9-28H,1-8H3. The molecule has 6 aromatic carbocycles. The zero-order chi connectivity index (χ0) is 32.5. The highest BCUT2D eigenvalue weighted by atomic mass is 15.1. The van der Waals surface area contributed by atoms with Gasteiger partial charge in [-0.3, -0.25) is 0 Å². The Morgan fingerprint density at radius 2 is 0.696 bits per heavy atom. The molecule has 2 heteroatoms.